The number of hydrogen-bond acceptors (Lipinski definition) is 3. The Balaban J connectivity index is 3.20. The molecule has 0 aliphatic rings. The monoisotopic (exact) mass is 174 g/mol. The Kier molecular flexibility index (Phi) is 6.32. The second-order valence-corrected chi connectivity index (χ2v) is 2.31. The molecule has 0 fully saturated rings. The second-order valence-electron chi connectivity index (χ2n) is 2.31. The highest BCUT2D eigenvalue weighted by Gasteiger charge is 2.02. The molecule has 0 aromatic carbocycles. The van der Waals surface area contributed by atoms with E-state index in [2.05, 4.69) is 6.58 Å². The average Bonchev–Trinajstić information content (AvgIpc) is 2.03. The van der Waals surface area contributed by atoms with Gasteiger partial charge >= 0.3 is 5.97 Å². The van der Waals surface area contributed by atoms with Crippen molar-refractivity contribution in [2.75, 3.05) is 26.9 Å². The van der Waals surface area contributed by atoms with Crippen molar-refractivity contribution < 1.29 is 19.4 Å². The Morgan fingerprint density at radius 1 is 1.50 bits per heavy atom. The minimum atomic E-state index is -1.01. The summed E-state index contributed by atoms with van der Waals surface area (Å²) in [5.74, 6) is -1.01. The van der Waals surface area contributed by atoms with Crippen LogP contribution in [0.2, 0.25) is 0 Å². The maximum atomic E-state index is 10.2. The molecule has 0 bridgehead atoms. The molecule has 1 N–H and O–H groups in total. The summed E-state index contributed by atoms with van der Waals surface area (Å²) in [4.78, 5) is 10.2. The Morgan fingerprint density at radius 3 is 2.67 bits per heavy atom. The van der Waals surface area contributed by atoms with Crippen molar-refractivity contribution in [3.05, 3.63) is 12.2 Å². The first-order chi connectivity index (χ1) is 5.68. The van der Waals surface area contributed by atoms with Crippen molar-refractivity contribution in [3.8, 4) is 0 Å². The molecule has 12 heavy (non-hydrogen) atoms. The molecule has 0 spiro atoms. The number of ether oxygens (including phenoxy) is 2. The highest BCUT2D eigenvalue weighted by atomic mass is 16.5. The van der Waals surface area contributed by atoms with E-state index >= 15 is 0 Å². The van der Waals surface area contributed by atoms with Crippen LogP contribution in [-0.4, -0.2) is 38.0 Å². The summed E-state index contributed by atoms with van der Waals surface area (Å²) < 4.78 is 9.78. The molecule has 0 heterocycles. The van der Waals surface area contributed by atoms with Gasteiger partial charge in [-0.15, -0.1) is 0 Å². The zero-order chi connectivity index (χ0) is 9.40. The minimum Gasteiger partial charge on any atom is -0.478 e. The number of aliphatic carboxylic acids is 1. The lowest BCUT2D eigenvalue weighted by Gasteiger charge is -2.02. The van der Waals surface area contributed by atoms with E-state index in [9.17, 15) is 4.79 Å². The number of carbonyl (C=O) groups is 1. The predicted octanol–water partition coefficient (Wildman–Crippen LogP) is 0.680. The first-order valence-electron chi connectivity index (χ1n) is 3.66. The largest absolute Gasteiger partial charge is 0.478 e. The maximum Gasteiger partial charge on any atom is 0.333 e. The summed E-state index contributed by atoms with van der Waals surface area (Å²) in [6.07, 6.45) is 0.767. The van der Waals surface area contributed by atoms with Crippen LogP contribution >= 0.6 is 0 Å². The average molecular weight is 174 g/mol. The van der Waals surface area contributed by atoms with Gasteiger partial charge in [-0.1, -0.05) is 6.58 Å². The van der Waals surface area contributed by atoms with Gasteiger partial charge in [0.2, 0.25) is 0 Å². The van der Waals surface area contributed by atoms with Crippen LogP contribution in [0.15, 0.2) is 12.2 Å². The van der Waals surface area contributed by atoms with E-state index in [1.165, 1.54) is 0 Å². The lowest BCUT2D eigenvalue weighted by molar-refractivity contribution is -0.133. The number of hydrogen-bond donors (Lipinski definition) is 1. The molecular formula is C8H14O4. The maximum absolute atomic E-state index is 10.2. The first-order valence-corrected chi connectivity index (χ1v) is 3.66. The molecular weight excluding hydrogens is 160 g/mol. The van der Waals surface area contributed by atoms with Crippen molar-refractivity contribution in [1.82, 2.24) is 0 Å². The topological polar surface area (TPSA) is 55.8 Å². The van der Waals surface area contributed by atoms with Gasteiger partial charge in [0.25, 0.3) is 0 Å². The molecule has 0 aromatic heterocycles. The van der Waals surface area contributed by atoms with E-state index in [1.807, 2.05) is 0 Å². The Labute approximate surface area is 71.8 Å². The van der Waals surface area contributed by atoms with Crippen LogP contribution in [0.5, 0.6) is 0 Å². The Hall–Kier alpha value is -0.870. The fraction of sp³-hybridized carbons (Fsp3) is 0.625. The van der Waals surface area contributed by atoms with Gasteiger partial charge < -0.3 is 14.6 Å². The third kappa shape index (κ3) is 5.88. The van der Waals surface area contributed by atoms with E-state index in [-0.39, 0.29) is 12.2 Å². The van der Waals surface area contributed by atoms with E-state index < -0.39 is 5.97 Å². The van der Waals surface area contributed by atoms with Crippen molar-refractivity contribution >= 4 is 5.97 Å². The van der Waals surface area contributed by atoms with E-state index in [0.717, 1.165) is 6.42 Å². The number of carboxylic acid groups (broad SMARTS) is 1. The second kappa shape index (κ2) is 6.82. The minimum absolute atomic E-state index is 0.0763. The van der Waals surface area contributed by atoms with Gasteiger partial charge in [0.15, 0.2) is 0 Å². The molecule has 0 saturated heterocycles. The summed E-state index contributed by atoms with van der Waals surface area (Å²) in [5, 5.41) is 8.38. The molecule has 0 aliphatic carbocycles. The van der Waals surface area contributed by atoms with Crippen molar-refractivity contribution in [3.63, 3.8) is 0 Å². The van der Waals surface area contributed by atoms with Crippen molar-refractivity contribution in [2.45, 2.75) is 6.42 Å². The molecule has 70 valence electrons. The number of rotatable bonds is 7. The van der Waals surface area contributed by atoms with Gasteiger partial charge in [0.1, 0.15) is 0 Å². The molecule has 0 rings (SSSR count). The molecule has 0 aliphatic heterocycles. The van der Waals surface area contributed by atoms with Crippen LogP contribution in [0.1, 0.15) is 6.42 Å². The summed E-state index contributed by atoms with van der Waals surface area (Å²) in [6, 6.07) is 0. The quantitative estimate of drug-likeness (QED) is 0.455. The zero-order valence-electron chi connectivity index (χ0n) is 7.21. The lowest BCUT2D eigenvalue weighted by Crippen LogP contribution is -2.08. The van der Waals surface area contributed by atoms with E-state index in [4.69, 9.17) is 14.6 Å². The Bertz CT molecular complexity index is 153. The van der Waals surface area contributed by atoms with Gasteiger partial charge in [-0.05, 0) is 6.42 Å². The fourth-order valence-electron chi connectivity index (χ4n) is 0.562. The number of carboxylic acids is 1. The van der Waals surface area contributed by atoms with Crippen LogP contribution in [0.4, 0.5) is 0 Å². The molecule has 0 radical (unpaired) electrons. The van der Waals surface area contributed by atoms with Crippen LogP contribution < -0.4 is 0 Å². The Morgan fingerprint density at radius 2 is 2.17 bits per heavy atom. The van der Waals surface area contributed by atoms with Gasteiger partial charge in [-0.25, -0.2) is 4.79 Å². The molecule has 0 saturated carbocycles. The van der Waals surface area contributed by atoms with Gasteiger partial charge in [0.05, 0.1) is 12.2 Å². The van der Waals surface area contributed by atoms with Crippen LogP contribution in [0.3, 0.4) is 0 Å². The lowest BCUT2D eigenvalue weighted by atomic mass is 10.3. The third-order valence-electron chi connectivity index (χ3n) is 1.22. The van der Waals surface area contributed by atoms with E-state index in [1.54, 1.807) is 7.11 Å². The smallest absolute Gasteiger partial charge is 0.333 e. The SMILES string of the molecule is C=C(COCCCOC)C(=O)O. The van der Waals surface area contributed by atoms with Crippen LogP contribution in [-0.2, 0) is 14.3 Å². The van der Waals surface area contributed by atoms with Crippen LogP contribution in [0.25, 0.3) is 0 Å². The molecule has 4 heteroatoms. The first kappa shape index (κ1) is 11.1. The third-order valence-corrected chi connectivity index (χ3v) is 1.22. The number of methoxy groups -OCH3 is 1. The van der Waals surface area contributed by atoms with Crippen molar-refractivity contribution in [1.29, 1.82) is 0 Å². The zero-order valence-corrected chi connectivity index (χ0v) is 7.21. The standard InChI is InChI=1S/C8H14O4/c1-7(8(9)10)6-12-5-3-4-11-2/h1,3-6H2,2H3,(H,9,10). The molecule has 4 nitrogen and oxygen atoms in total. The summed E-state index contributed by atoms with van der Waals surface area (Å²) in [5.41, 5.74) is 0.0763. The highest BCUT2D eigenvalue weighted by molar-refractivity contribution is 5.85. The summed E-state index contributed by atoms with van der Waals surface area (Å²) in [7, 11) is 1.61. The summed E-state index contributed by atoms with van der Waals surface area (Å²) >= 11 is 0. The summed E-state index contributed by atoms with van der Waals surface area (Å²) in [6.45, 7) is 4.52. The van der Waals surface area contributed by atoms with Crippen LogP contribution in [0, 0.1) is 0 Å². The molecule has 0 atom stereocenters. The molecule has 0 unspecified atom stereocenters. The predicted molar refractivity (Wildman–Crippen MR) is 44.1 cm³/mol. The molecule has 0 amide bonds. The van der Waals surface area contributed by atoms with Crippen molar-refractivity contribution in [2.24, 2.45) is 0 Å². The van der Waals surface area contributed by atoms with Gasteiger partial charge in [-0.3, -0.25) is 0 Å². The molecule has 0 aromatic rings. The highest BCUT2D eigenvalue weighted by Crippen LogP contribution is 1.92. The van der Waals surface area contributed by atoms with Gasteiger partial charge in [0, 0.05) is 20.3 Å². The van der Waals surface area contributed by atoms with E-state index in [0.29, 0.717) is 13.2 Å². The normalized spacial score (nSPS) is 9.75. The van der Waals surface area contributed by atoms with Gasteiger partial charge in [-0.2, -0.15) is 0 Å². The fourth-order valence-corrected chi connectivity index (χ4v) is 0.562.